The van der Waals surface area contributed by atoms with Crippen molar-refractivity contribution < 1.29 is 9.90 Å². The van der Waals surface area contributed by atoms with Crippen LogP contribution < -0.4 is 0 Å². The summed E-state index contributed by atoms with van der Waals surface area (Å²) in [6, 6.07) is 18.6. The third kappa shape index (κ3) is 5.07. The summed E-state index contributed by atoms with van der Waals surface area (Å²) in [6.07, 6.45) is 5.60. The molecule has 0 fully saturated rings. The van der Waals surface area contributed by atoms with E-state index in [2.05, 4.69) is 4.99 Å². The minimum atomic E-state index is -0.914. The van der Waals surface area contributed by atoms with Crippen molar-refractivity contribution in [3.8, 4) is 0 Å². The molecule has 0 heterocycles. The SMILES string of the molecule is O=C(O)C(Cc1ccccc1)N=C/C=C/c1ccccc1. The van der Waals surface area contributed by atoms with Crippen LogP contribution in [-0.4, -0.2) is 23.3 Å². The molecule has 0 saturated carbocycles. The van der Waals surface area contributed by atoms with Crippen molar-refractivity contribution in [2.45, 2.75) is 12.5 Å². The van der Waals surface area contributed by atoms with E-state index in [1.165, 1.54) is 0 Å². The summed E-state index contributed by atoms with van der Waals surface area (Å²) in [6.45, 7) is 0. The summed E-state index contributed by atoms with van der Waals surface area (Å²) in [5, 5.41) is 9.21. The highest BCUT2D eigenvalue weighted by molar-refractivity contribution is 5.82. The Kier molecular flexibility index (Phi) is 5.47. The van der Waals surface area contributed by atoms with Gasteiger partial charge in [-0.2, -0.15) is 0 Å². The van der Waals surface area contributed by atoms with Gasteiger partial charge in [-0.15, -0.1) is 0 Å². The lowest BCUT2D eigenvalue weighted by Gasteiger charge is -2.06. The van der Waals surface area contributed by atoms with Crippen LogP contribution in [0.4, 0.5) is 0 Å². The molecular weight excluding hydrogens is 262 g/mol. The van der Waals surface area contributed by atoms with Gasteiger partial charge in [0.25, 0.3) is 0 Å². The number of carboxylic acids is 1. The highest BCUT2D eigenvalue weighted by Crippen LogP contribution is 2.06. The number of rotatable bonds is 6. The molecule has 0 aliphatic heterocycles. The van der Waals surface area contributed by atoms with Gasteiger partial charge in [0.05, 0.1) is 0 Å². The number of aliphatic carboxylic acids is 1. The van der Waals surface area contributed by atoms with Crippen molar-refractivity contribution in [3.63, 3.8) is 0 Å². The number of hydrogen-bond acceptors (Lipinski definition) is 2. The predicted molar refractivity (Wildman–Crippen MR) is 85.5 cm³/mol. The van der Waals surface area contributed by atoms with Gasteiger partial charge in [0, 0.05) is 12.6 Å². The topological polar surface area (TPSA) is 49.7 Å². The second-order valence-corrected chi connectivity index (χ2v) is 4.61. The van der Waals surface area contributed by atoms with E-state index in [-0.39, 0.29) is 0 Å². The number of nitrogens with zero attached hydrogens (tertiary/aromatic N) is 1. The largest absolute Gasteiger partial charge is 0.480 e. The molecule has 0 radical (unpaired) electrons. The molecule has 0 aromatic heterocycles. The van der Waals surface area contributed by atoms with Crippen LogP contribution in [0.1, 0.15) is 11.1 Å². The Labute approximate surface area is 124 Å². The lowest BCUT2D eigenvalue weighted by Crippen LogP contribution is -2.20. The van der Waals surface area contributed by atoms with Crippen molar-refractivity contribution in [2.24, 2.45) is 4.99 Å². The van der Waals surface area contributed by atoms with Gasteiger partial charge >= 0.3 is 5.97 Å². The zero-order valence-corrected chi connectivity index (χ0v) is 11.6. The van der Waals surface area contributed by atoms with Gasteiger partial charge in [-0.1, -0.05) is 66.7 Å². The van der Waals surface area contributed by atoms with E-state index in [1.807, 2.05) is 66.7 Å². The molecule has 2 aromatic rings. The van der Waals surface area contributed by atoms with Crippen molar-refractivity contribution in [1.82, 2.24) is 0 Å². The van der Waals surface area contributed by atoms with Gasteiger partial charge in [-0.05, 0) is 17.2 Å². The molecule has 2 aromatic carbocycles. The van der Waals surface area contributed by atoms with E-state index >= 15 is 0 Å². The monoisotopic (exact) mass is 279 g/mol. The van der Waals surface area contributed by atoms with Gasteiger partial charge in [0.2, 0.25) is 0 Å². The highest BCUT2D eigenvalue weighted by atomic mass is 16.4. The summed E-state index contributed by atoms with van der Waals surface area (Å²) < 4.78 is 0. The van der Waals surface area contributed by atoms with Gasteiger partial charge < -0.3 is 5.11 Å². The summed E-state index contributed by atoms with van der Waals surface area (Å²) in [4.78, 5) is 15.4. The molecule has 1 atom stereocenters. The van der Waals surface area contributed by atoms with Crippen LogP contribution in [0.5, 0.6) is 0 Å². The molecule has 2 rings (SSSR count). The summed E-state index contributed by atoms with van der Waals surface area (Å²) in [5.74, 6) is -0.914. The Balaban J connectivity index is 1.98. The fourth-order valence-electron chi connectivity index (χ4n) is 1.91. The molecule has 0 amide bonds. The van der Waals surface area contributed by atoms with E-state index in [0.29, 0.717) is 6.42 Å². The van der Waals surface area contributed by atoms with Crippen LogP contribution in [0.15, 0.2) is 71.7 Å². The van der Waals surface area contributed by atoms with E-state index in [0.717, 1.165) is 11.1 Å². The number of allylic oxidation sites excluding steroid dienone is 1. The normalized spacial score (nSPS) is 12.8. The standard InChI is InChI=1S/C18H17NO2/c20-18(21)17(14-16-10-5-2-6-11-16)19-13-7-12-15-8-3-1-4-9-15/h1-13,17H,14H2,(H,20,21)/b12-7+,19-13?. The second-order valence-electron chi connectivity index (χ2n) is 4.61. The number of benzene rings is 2. The molecule has 0 aliphatic rings. The van der Waals surface area contributed by atoms with Crippen LogP contribution >= 0.6 is 0 Å². The average molecular weight is 279 g/mol. The molecule has 0 bridgehead atoms. The Bertz CT molecular complexity index is 618. The van der Waals surface area contributed by atoms with Gasteiger partial charge in [-0.3, -0.25) is 4.99 Å². The van der Waals surface area contributed by atoms with Crippen molar-refractivity contribution in [3.05, 3.63) is 77.9 Å². The molecule has 3 heteroatoms. The maximum absolute atomic E-state index is 11.2. The molecule has 0 spiro atoms. The first kappa shape index (κ1) is 14.7. The van der Waals surface area contributed by atoms with Crippen molar-refractivity contribution in [1.29, 1.82) is 0 Å². The molecule has 3 nitrogen and oxygen atoms in total. The quantitative estimate of drug-likeness (QED) is 0.823. The smallest absolute Gasteiger partial charge is 0.328 e. The van der Waals surface area contributed by atoms with E-state index < -0.39 is 12.0 Å². The van der Waals surface area contributed by atoms with Crippen LogP contribution in [0.2, 0.25) is 0 Å². The first-order valence-electron chi connectivity index (χ1n) is 6.77. The Hall–Kier alpha value is -2.68. The van der Waals surface area contributed by atoms with Crippen LogP contribution in [-0.2, 0) is 11.2 Å². The number of aliphatic imine (C=N–C) groups is 1. The van der Waals surface area contributed by atoms with Crippen LogP contribution in [0.25, 0.3) is 6.08 Å². The minimum Gasteiger partial charge on any atom is -0.480 e. The van der Waals surface area contributed by atoms with Crippen molar-refractivity contribution >= 4 is 18.3 Å². The lowest BCUT2D eigenvalue weighted by molar-refractivity contribution is -0.138. The number of hydrogen-bond donors (Lipinski definition) is 1. The van der Waals surface area contributed by atoms with Crippen LogP contribution in [0.3, 0.4) is 0 Å². The molecule has 0 saturated heterocycles. The van der Waals surface area contributed by atoms with E-state index in [4.69, 9.17) is 0 Å². The first-order chi connectivity index (χ1) is 10.3. The maximum atomic E-state index is 11.2. The number of carboxylic acid groups (broad SMARTS) is 1. The summed E-state index contributed by atoms with van der Waals surface area (Å²) in [7, 11) is 0. The minimum absolute atomic E-state index is 0.395. The Morgan fingerprint density at radius 1 is 1.05 bits per heavy atom. The summed E-state index contributed by atoms with van der Waals surface area (Å²) >= 11 is 0. The zero-order valence-electron chi connectivity index (χ0n) is 11.6. The molecule has 106 valence electrons. The Morgan fingerprint density at radius 3 is 2.29 bits per heavy atom. The van der Waals surface area contributed by atoms with Gasteiger partial charge in [-0.25, -0.2) is 4.79 Å². The third-order valence-electron chi connectivity index (χ3n) is 3.00. The second kappa shape index (κ2) is 7.80. The van der Waals surface area contributed by atoms with Gasteiger partial charge in [0.1, 0.15) is 0 Å². The zero-order chi connectivity index (χ0) is 14.9. The van der Waals surface area contributed by atoms with Crippen LogP contribution in [0, 0.1) is 0 Å². The van der Waals surface area contributed by atoms with E-state index in [9.17, 15) is 9.90 Å². The van der Waals surface area contributed by atoms with E-state index in [1.54, 1.807) is 12.3 Å². The molecule has 1 N–H and O–H groups in total. The van der Waals surface area contributed by atoms with Crippen molar-refractivity contribution in [2.75, 3.05) is 0 Å². The highest BCUT2D eigenvalue weighted by Gasteiger charge is 2.15. The third-order valence-corrected chi connectivity index (χ3v) is 3.00. The molecule has 1 unspecified atom stereocenters. The maximum Gasteiger partial charge on any atom is 0.328 e. The average Bonchev–Trinajstić information content (AvgIpc) is 2.52. The first-order valence-corrected chi connectivity index (χ1v) is 6.77. The van der Waals surface area contributed by atoms with Gasteiger partial charge in [0.15, 0.2) is 6.04 Å². The molecule has 21 heavy (non-hydrogen) atoms. The lowest BCUT2D eigenvalue weighted by atomic mass is 10.1. The summed E-state index contributed by atoms with van der Waals surface area (Å²) in [5.41, 5.74) is 2.02. The fourth-order valence-corrected chi connectivity index (χ4v) is 1.91. The predicted octanol–water partition coefficient (Wildman–Crippen LogP) is 3.47. The molecular formula is C18H17NO2. The molecule has 0 aliphatic carbocycles. The number of carbonyl (C=O) groups is 1. The Morgan fingerprint density at radius 2 is 1.67 bits per heavy atom. The fraction of sp³-hybridized carbons (Fsp3) is 0.111.